The molecule has 0 aromatic heterocycles. The molecule has 0 heterocycles. The van der Waals surface area contributed by atoms with Gasteiger partial charge in [-0.15, -0.1) is 0 Å². The fourth-order valence-corrected chi connectivity index (χ4v) is 2.32. The Balaban J connectivity index is 2.22. The van der Waals surface area contributed by atoms with Crippen LogP contribution >= 0.6 is 23.2 Å². The molecule has 2 aromatic rings. The van der Waals surface area contributed by atoms with Gasteiger partial charge in [0.05, 0.1) is 0 Å². The van der Waals surface area contributed by atoms with Crippen molar-refractivity contribution in [1.82, 2.24) is 0 Å². The number of rotatable bonds is 4. The molecule has 0 aliphatic carbocycles. The highest BCUT2D eigenvalue weighted by Gasteiger charge is 2.10. The second-order valence-electron chi connectivity index (χ2n) is 4.85. The fourth-order valence-electron chi connectivity index (χ4n) is 1.95. The third kappa shape index (κ3) is 3.66. The topological polar surface area (TPSA) is 35.2 Å². The standard InChI is InChI=1S/C16H17Cl2NO/c1-10-3-5-14(11(2)19)16(7-10)20-9-12-8-13(17)4-6-15(12)18/h3-8,11H,9,19H2,1-2H3/t11-/m0/s1. The van der Waals surface area contributed by atoms with Crippen molar-refractivity contribution in [1.29, 1.82) is 0 Å². The van der Waals surface area contributed by atoms with Gasteiger partial charge in [0.1, 0.15) is 12.4 Å². The van der Waals surface area contributed by atoms with Crippen LogP contribution in [0.3, 0.4) is 0 Å². The monoisotopic (exact) mass is 309 g/mol. The lowest BCUT2D eigenvalue weighted by atomic mass is 10.1. The second kappa shape index (κ2) is 6.49. The molecule has 2 nitrogen and oxygen atoms in total. The molecule has 0 amide bonds. The highest BCUT2D eigenvalue weighted by Crippen LogP contribution is 2.27. The van der Waals surface area contributed by atoms with Crippen LogP contribution in [0, 0.1) is 6.92 Å². The molecule has 106 valence electrons. The molecule has 1 atom stereocenters. The first-order chi connectivity index (χ1) is 9.47. The van der Waals surface area contributed by atoms with Crippen LogP contribution in [-0.2, 0) is 6.61 Å². The Bertz CT molecular complexity index is 611. The lowest BCUT2D eigenvalue weighted by molar-refractivity contribution is 0.301. The average molecular weight is 310 g/mol. The first-order valence-electron chi connectivity index (χ1n) is 6.40. The summed E-state index contributed by atoms with van der Waals surface area (Å²) >= 11 is 12.1. The van der Waals surface area contributed by atoms with E-state index in [0.29, 0.717) is 16.7 Å². The second-order valence-corrected chi connectivity index (χ2v) is 5.70. The Morgan fingerprint density at radius 3 is 2.60 bits per heavy atom. The van der Waals surface area contributed by atoms with Gasteiger partial charge < -0.3 is 10.5 Å². The quantitative estimate of drug-likeness (QED) is 0.871. The SMILES string of the molecule is Cc1ccc([C@H](C)N)c(OCc2cc(Cl)ccc2Cl)c1. The Morgan fingerprint density at radius 2 is 1.90 bits per heavy atom. The van der Waals surface area contributed by atoms with Crippen LogP contribution in [0.4, 0.5) is 0 Å². The number of halogens is 2. The van der Waals surface area contributed by atoms with Crippen molar-refractivity contribution in [3.8, 4) is 5.75 Å². The lowest BCUT2D eigenvalue weighted by Crippen LogP contribution is -2.08. The van der Waals surface area contributed by atoms with E-state index in [2.05, 4.69) is 0 Å². The minimum Gasteiger partial charge on any atom is -0.488 e. The minimum absolute atomic E-state index is 0.0829. The van der Waals surface area contributed by atoms with Crippen LogP contribution < -0.4 is 10.5 Å². The molecule has 4 heteroatoms. The summed E-state index contributed by atoms with van der Waals surface area (Å²) in [6, 6.07) is 11.3. The highest BCUT2D eigenvalue weighted by molar-refractivity contribution is 6.33. The van der Waals surface area contributed by atoms with E-state index in [1.807, 2.05) is 38.1 Å². The predicted octanol–water partition coefficient (Wildman–Crippen LogP) is 4.90. The Labute approximate surface area is 129 Å². The molecule has 0 aliphatic heterocycles. The summed E-state index contributed by atoms with van der Waals surface area (Å²) in [4.78, 5) is 0. The predicted molar refractivity (Wildman–Crippen MR) is 84.6 cm³/mol. The van der Waals surface area contributed by atoms with E-state index in [-0.39, 0.29) is 6.04 Å². The fraction of sp³-hybridized carbons (Fsp3) is 0.250. The molecular formula is C16H17Cl2NO. The van der Waals surface area contributed by atoms with Gasteiger partial charge in [0.15, 0.2) is 0 Å². The van der Waals surface area contributed by atoms with Crippen LogP contribution in [0.1, 0.15) is 29.7 Å². The van der Waals surface area contributed by atoms with Gasteiger partial charge in [-0.1, -0.05) is 35.3 Å². The van der Waals surface area contributed by atoms with Gasteiger partial charge >= 0.3 is 0 Å². The van der Waals surface area contributed by atoms with E-state index in [1.165, 1.54) is 0 Å². The maximum Gasteiger partial charge on any atom is 0.124 e. The van der Waals surface area contributed by atoms with Crippen LogP contribution in [0.15, 0.2) is 36.4 Å². The van der Waals surface area contributed by atoms with E-state index in [9.17, 15) is 0 Å². The summed E-state index contributed by atoms with van der Waals surface area (Å²) in [5.74, 6) is 0.788. The van der Waals surface area contributed by atoms with E-state index in [0.717, 1.165) is 22.4 Å². The summed E-state index contributed by atoms with van der Waals surface area (Å²) in [5, 5.41) is 1.29. The van der Waals surface area contributed by atoms with Crippen LogP contribution in [0.2, 0.25) is 10.0 Å². The number of hydrogen-bond donors (Lipinski definition) is 1. The Morgan fingerprint density at radius 1 is 1.15 bits per heavy atom. The molecule has 0 saturated carbocycles. The van der Waals surface area contributed by atoms with Crippen molar-refractivity contribution in [2.24, 2.45) is 5.73 Å². The number of hydrogen-bond acceptors (Lipinski definition) is 2. The van der Waals surface area contributed by atoms with Crippen molar-refractivity contribution >= 4 is 23.2 Å². The molecule has 2 N–H and O–H groups in total. The molecule has 2 rings (SSSR count). The van der Waals surface area contributed by atoms with Crippen molar-refractivity contribution in [2.45, 2.75) is 26.5 Å². The molecule has 0 bridgehead atoms. The maximum atomic E-state index is 6.13. The molecule has 20 heavy (non-hydrogen) atoms. The summed E-state index contributed by atoms with van der Waals surface area (Å²) in [6.45, 7) is 4.32. The third-order valence-corrected chi connectivity index (χ3v) is 3.65. The van der Waals surface area contributed by atoms with Crippen LogP contribution in [-0.4, -0.2) is 0 Å². The Hall–Kier alpha value is -1.22. The van der Waals surface area contributed by atoms with Gasteiger partial charge in [0.25, 0.3) is 0 Å². The summed E-state index contributed by atoms with van der Waals surface area (Å²) < 4.78 is 5.88. The largest absolute Gasteiger partial charge is 0.488 e. The maximum absolute atomic E-state index is 6.13. The van der Waals surface area contributed by atoms with E-state index in [4.69, 9.17) is 33.7 Å². The van der Waals surface area contributed by atoms with Crippen LogP contribution in [0.25, 0.3) is 0 Å². The van der Waals surface area contributed by atoms with Crippen molar-refractivity contribution in [2.75, 3.05) is 0 Å². The van der Waals surface area contributed by atoms with Gasteiger partial charge in [-0.2, -0.15) is 0 Å². The first kappa shape index (κ1) is 15.2. The smallest absolute Gasteiger partial charge is 0.124 e. The summed E-state index contributed by atoms with van der Waals surface area (Å²) in [5.41, 5.74) is 8.92. The van der Waals surface area contributed by atoms with E-state index < -0.39 is 0 Å². The van der Waals surface area contributed by atoms with Gasteiger partial charge in [0, 0.05) is 27.2 Å². The first-order valence-corrected chi connectivity index (χ1v) is 7.16. The third-order valence-electron chi connectivity index (χ3n) is 3.05. The zero-order chi connectivity index (χ0) is 14.7. The molecule has 0 radical (unpaired) electrons. The summed E-state index contributed by atoms with van der Waals surface area (Å²) in [6.07, 6.45) is 0. The highest BCUT2D eigenvalue weighted by atomic mass is 35.5. The van der Waals surface area contributed by atoms with Gasteiger partial charge in [0.2, 0.25) is 0 Å². The van der Waals surface area contributed by atoms with Gasteiger partial charge in [-0.25, -0.2) is 0 Å². The minimum atomic E-state index is -0.0829. The molecule has 0 spiro atoms. The van der Waals surface area contributed by atoms with Gasteiger partial charge in [-0.05, 0) is 43.7 Å². The molecule has 0 saturated heterocycles. The molecule has 2 aromatic carbocycles. The van der Waals surface area contributed by atoms with Crippen molar-refractivity contribution < 1.29 is 4.74 Å². The number of benzene rings is 2. The average Bonchev–Trinajstić information content (AvgIpc) is 2.39. The number of ether oxygens (including phenoxy) is 1. The Kier molecular flexibility index (Phi) is 4.92. The molecule has 0 fully saturated rings. The van der Waals surface area contributed by atoms with Crippen molar-refractivity contribution in [3.05, 3.63) is 63.1 Å². The zero-order valence-electron chi connectivity index (χ0n) is 11.5. The molecule has 0 unspecified atom stereocenters. The van der Waals surface area contributed by atoms with Gasteiger partial charge in [-0.3, -0.25) is 0 Å². The summed E-state index contributed by atoms with van der Waals surface area (Å²) in [7, 11) is 0. The van der Waals surface area contributed by atoms with E-state index >= 15 is 0 Å². The number of nitrogens with two attached hydrogens (primary N) is 1. The van der Waals surface area contributed by atoms with E-state index in [1.54, 1.807) is 12.1 Å². The zero-order valence-corrected chi connectivity index (χ0v) is 13.0. The molecular weight excluding hydrogens is 293 g/mol. The van der Waals surface area contributed by atoms with Crippen molar-refractivity contribution in [3.63, 3.8) is 0 Å². The lowest BCUT2D eigenvalue weighted by Gasteiger charge is -2.15. The van der Waals surface area contributed by atoms with Crippen LogP contribution in [0.5, 0.6) is 5.75 Å². The number of aryl methyl sites for hydroxylation is 1. The molecule has 0 aliphatic rings. The normalized spacial score (nSPS) is 12.2.